The van der Waals surface area contributed by atoms with Gasteiger partial charge in [0.05, 0.1) is 5.56 Å². The number of nitrogens with zero attached hydrogens (tertiary/aromatic N) is 1. The molecule has 0 aromatic heterocycles. The molecule has 0 aliphatic carbocycles. The standard InChI is InChI=1S/C18H15Cl2NO3/c19-15-7-14(8-16(20)9-15)18(23)24-11-17(22)21-6-5-12-3-1-2-4-13(12)10-21/h1-4,7-9H,5-6,10-11H2. The maximum atomic E-state index is 12.3. The number of fused-ring (bicyclic) bond motifs is 1. The third kappa shape index (κ3) is 3.89. The van der Waals surface area contributed by atoms with Crippen molar-refractivity contribution in [2.75, 3.05) is 13.2 Å². The second-order valence-corrected chi connectivity index (χ2v) is 6.44. The van der Waals surface area contributed by atoms with E-state index >= 15 is 0 Å². The van der Waals surface area contributed by atoms with Crippen LogP contribution < -0.4 is 0 Å². The second-order valence-electron chi connectivity index (χ2n) is 5.57. The summed E-state index contributed by atoms with van der Waals surface area (Å²) in [7, 11) is 0. The van der Waals surface area contributed by atoms with Gasteiger partial charge in [-0.2, -0.15) is 0 Å². The Morgan fingerprint density at radius 1 is 1.04 bits per heavy atom. The molecule has 24 heavy (non-hydrogen) atoms. The molecule has 6 heteroatoms. The van der Waals surface area contributed by atoms with E-state index in [4.69, 9.17) is 27.9 Å². The summed E-state index contributed by atoms with van der Waals surface area (Å²) in [5.74, 6) is -0.837. The monoisotopic (exact) mass is 363 g/mol. The normalized spacial score (nSPS) is 13.3. The lowest BCUT2D eigenvalue weighted by atomic mass is 10.00. The molecule has 4 nitrogen and oxygen atoms in total. The molecule has 1 heterocycles. The molecule has 1 aliphatic rings. The quantitative estimate of drug-likeness (QED) is 0.780. The van der Waals surface area contributed by atoms with Gasteiger partial charge in [-0.1, -0.05) is 47.5 Å². The highest BCUT2D eigenvalue weighted by molar-refractivity contribution is 6.35. The van der Waals surface area contributed by atoms with Gasteiger partial charge in [0.25, 0.3) is 5.91 Å². The van der Waals surface area contributed by atoms with Crippen molar-refractivity contribution < 1.29 is 14.3 Å². The first-order valence-electron chi connectivity index (χ1n) is 7.51. The van der Waals surface area contributed by atoms with Crippen molar-refractivity contribution in [3.05, 3.63) is 69.2 Å². The largest absolute Gasteiger partial charge is 0.452 e. The minimum Gasteiger partial charge on any atom is -0.452 e. The van der Waals surface area contributed by atoms with Gasteiger partial charge < -0.3 is 9.64 Å². The van der Waals surface area contributed by atoms with Crippen LogP contribution in [0.2, 0.25) is 10.0 Å². The van der Waals surface area contributed by atoms with Crippen LogP contribution >= 0.6 is 23.2 Å². The first kappa shape index (κ1) is 16.8. The van der Waals surface area contributed by atoms with Crippen LogP contribution in [0.5, 0.6) is 0 Å². The molecule has 0 bridgehead atoms. The lowest BCUT2D eigenvalue weighted by molar-refractivity contribution is -0.135. The minimum absolute atomic E-state index is 0.217. The summed E-state index contributed by atoms with van der Waals surface area (Å²) in [4.78, 5) is 26.0. The van der Waals surface area contributed by atoms with Crippen LogP contribution in [0.1, 0.15) is 21.5 Å². The number of esters is 1. The molecule has 0 saturated carbocycles. The van der Waals surface area contributed by atoms with Crippen LogP contribution in [0.4, 0.5) is 0 Å². The molecule has 3 rings (SSSR count). The molecule has 0 unspecified atom stereocenters. The third-order valence-corrected chi connectivity index (χ3v) is 4.34. The number of benzene rings is 2. The van der Waals surface area contributed by atoms with Crippen LogP contribution in [-0.4, -0.2) is 29.9 Å². The number of halogens is 2. The second kappa shape index (κ2) is 7.24. The molecular formula is C18H15Cl2NO3. The Balaban J connectivity index is 1.59. The first-order chi connectivity index (χ1) is 11.5. The molecule has 124 valence electrons. The molecule has 0 saturated heterocycles. The minimum atomic E-state index is -0.620. The van der Waals surface area contributed by atoms with Gasteiger partial charge in [-0.25, -0.2) is 4.79 Å². The van der Waals surface area contributed by atoms with Crippen LogP contribution in [0.25, 0.3) is 0 Å². The van der Waals surface area contributed by atoms with Crippen molar-refractivity contribution in [2.24, 2.45) is 0 Å². The summed E-state index contributed by atoms with van der Waals surface area (Å²) in [6.45, 7) is 0.858. The summed E-state index contributed by atoms with van der Waals surface area (Å²) >= 11 is 11.7. The predicted molar refractivity (Wildman–Crippen MR) is 92.3 cm³/mol. The van der Waals surface area contributed by atoms with Gasteiger partial charge in [0.2, 0.25) is 0 Å². The van der Waals surface area contributed by atoms with Crippen molar-refractivity contribution in [3.8, 4) is 0 Å². The molecular weight excluding hydrogens is 349 g/mol. The fourth-order valence-corrected chi connectivity index (χ4v) is 3.21. The van der Waals surface area contributed by atoms with Crippen LogP contribution in [0.15, 0.2) is 42.5 Å². The summed E-state index contributed by atoms with van der Waals surface area (Å²) in [5.41, 5.74) is 2.61. The molecule has 1 amide bonds. The molecule has 0 radical (unpaired) electrons. The predicted octanol–water partition coefficient (Wildman–Crippen LogP) is 3.74. The molecule has 0 atom stereocenters. The Morgan fingerprint density at radius 3 is 2.42 bits per heavy atom. The van der Waals surface area contributed by atoms with Crippen molar-refractivity contribution >= 4 is 35.1 Å². The fourth-order valence-electron chi connectivity index (χ4n) is 2.68. The zero-order chi connectivity index (χ0) is 17.1. The van der Waals surface area contributed by atoms with Gasteiger partial charge in [-0.15, -0.1) is 0 Å². The van der Waals surface area contributed by atoms with Crippen LogP contribution in [-0.2, 0) is 22.5 Å². The van der Waals surface area contributed by atoms with Crippen LogP contribution in [0, 0.1) is 0 Å². The molecule has 0 fully saturated rings. The highest BCUT2D eigenvalue weighted by atomic mass is 35.5. The molecule has 0 N–H and O–H groups in total. The average Bonchev–Trinajstić information content (AvgIpc) is 2.58. The van der Waals surface area contributed by atoms with Gasteiger partial charge in [-0.3, -0.25) is 4.79 Å². The summed E-state index contributed by atoms with van der Waals surface area (Å²) in [6.07, 6.45) is 0.805. The van der Waals surface area contributed by atoms with Crippen molar-refractivity contribution in [3.63, 3.8) is 0 Å². The van der Waals surface area contributed by atoms with Crippen molar-refractivity contribution in [2.45, 2.75) is 13.0 Å². The highest BCUT2D eigenvalue weighted by Crippen LogP contribution is 2.20. The first-order valence-corrected chi connectivity index (χ1v) is 8.26. The van der Waals surface area contributed by atoms with Gasteiger partial charge in [-0.05, 0) is 35.7 Å². The van der Waals surface area contributed by atoms with E-state index in [0.717, 1.165) is 12.0 Å². The summed E-state index contributed by atoms with van der Waals surface area (Å²) in [5, 5.41) is 0.682. The number of carbonyl (C=O) groups excluding carboxylic acids is 2. The third-order valence-electron chi connectivity index (χ3n) is 3.91. The molecule has 1 aliphatic heterocycles. The zero-order valence-corrected chi connectivity index (χ0v) is 14.3. The Hall–Kier alpha value is -2.04. The number of carbonyl (C=O) groups is 2. The van der Waals surface area contributed by atoms with Gasteiger partial charge in [0.15, 0.2) is 6.61 Å². The SMILES string of the molecule is O=C(OCC(=O)N1CCc2ccccc2C1)c1cc(Cl)cc(Cl)c1. The van der Waals surface area contributed by atoms with E-state index in [1.165, 1.54) is 23.8 Å². The van der Waals surface area contributed by atoms with Crippen molar-refractivity contribution in [1.29, 1.82) is 0 Å². The van der Waals surface area contributed by atoms with E-state index in [2.05, 4.69) is 6.07 Å². The smallest absolute Gasteiger partial charge is 0.338 e. The van der Waals surface area contributed by atoms with Gasteiger partial charge in [0.1, 0.15) is 0 Å². The Morgan fingerprint density at radius 2 is 1.71 bits per heavy atom. The Labute approximate surface area is 149 Å². The van der Waals surface area contributed by atoms with Crippen LogP contribution in [0.3, 0.4) is 0 Å². The van der Waals surface area contributed by atoms with E-state index in [1.54, 1.807) is 4.90 Å². The van der Waals surface area contributed by atoms with E-state index < -0.39 is 5.97 Å². The average molecular weight is 364 g/mol. The summed E-state index contributed by atoms with van der Waals surface area (Å²) in [6, 6.07) is 12.5. The van der Waals surface area contributed by atoms with Gasteiger partial charge >= 0.3 is 5.97 Å². The maximum Gasteiger partial charge on any atom is 0.338 e. The lowest BCUT2D eigenvalue weighted by Gasteiger charge is -2.28. The number of rotatable bonds is 3. The topological polar surface area (TPSA) is 46.6 Å². The number of ether oxygens (including phenoxy) is 1. The highest BCUT2D eigenvalue weighted by Gasteiger charge is 2.21. The maximum absolute atomic E-state index is 12.3. The van der Waals surface area contributed by atoms with Crippen molar-refractivity contribution in [1.82, 2.24) is 4.90 Å². The van der Waals surface area contributed by atoms with E-state index in [1.807, 2.05) is 18.2 Å². The summed E-state index contributed by atoms with van der Waals surface area (Å²) < 4.78 is 5.09. The van der Waals surface area contributed by atoms with E-state index in [9.17, 15) is 9.59 Å². The number of hydrogen-bond acceptors (Lipinski definition) is 3. The Bertz CT molecular complexity index is 771. The molecule has 2 aromatic carbocycles. The number of amides is 1. The molecule has 2 aromatic rings. The fraction of sp³-hybridized carbons (Fsp3) is 0.222. The van der Waals surface area contributed by atoms with E-state index in [0.29, 0.717) is 23.1 Å². The Kier molecular flexibility index (Phi) is 5.07. The van der Waals surface area contributed by atoms with Gasteiger partial charge in [0, 0.05) is 23.1 Å². The lowest BCUT2D eigenvalue weighted by Crippen LogP contribution is -2.38. The van der Waals surface area contributed by atoms with E-state index in [-0.39, 0.29) is 18.1 Å². The zero-order valence-electron chi connectivity index (χ0n) is 12.8. The molecule has 0 spiro atoms. The number of hydrogen-bond donors (Lipinski definition) is 0.